The topological polar surface area (TPSA) is 84.2 Å². The van der Waals surface area contributed by atoms with Crippen LogP contribution in [-0.4, -0.2) is 35.9 Å². The normalized spacial score (nSPS) is 11.6. The van der Waals surface area contributed by atoms with Crippen molar-refractivity contribution < 1.29 is 18.9 Å². The maximum atomic E-state index is 13.5. The highest BCUT2D eigenvalue weighted by molar-refractivity contribution is 7.15. The molecule has 0 spiro atoms. The van der Waals surface area contributed by atoms with Crippen molar-refractivity contribution >= 4 is 22.4 Å². The zero-order chi connectivity index (χ0) is 25.9. The zero-order valence-corrected chi connectivity index (χ0v) is 21.7. The summed E-state index contributed by atoms with van der Waals surface area (Å²) in [6.45, 7) is 2.48. The third kappa shape index (κ3) is 4.73. The van der Waals surface area contributed by atoms with Crippen molar-refractivity contribution in [1.29, 1.82) is 0 Å². The highest BCUT2D eigenvalue weighted by Crippen LogP contribution is 2.40. The van der Waals surface area contributed by atoms with E-state index in [-0.39, 0.29) is 5.56 Å². The highest BCUT2D eigenvalue weighted by Gasteiger charge is 2.19. The van der Waals surface area contributed by atoms with Crippen LogP contribution in [0.5, 0.6) is 23.0 Å². The van der Waals surface area contributed by atoms with Crippen molar-refractivity contribution in [3.8, 4) is 34.4 Å². The van der Waals surface area contributed by atoms with E-state index < -0.39 is 0 Å². The lowest BCUT2D eigenvalue weighted by molar-refractivity contribution is 0.305. The van der Waals surface area contributed by atoms with Gasteiger partial charge in [0.2, 0.25) is 10.7 Å². The molecular formula is C28H25N3O5S. The van der Waals surface area contributed by atoms with Gasteiger partial charge in [-0.15, -0.1) is 10.2 Å². The minimum Gasteiger partial charge on any atom is -0.493 e. The molecule has 3 aromatic carbocycles. The SMILES string of the molecule is COc1cc(-c2nnc3s/c(=C/c4ccccc4OCc4ccc(C)cc4)c(=O)n23)cc(OC)c1OC. The summed E-state index contributed by atoms with van der Waals surface area (Å²) in [4.78, 5) is 14.0. The molecule has 0 bridgehead atoms. The molecule has 0 saturated carbocycles. The van der Waals surface area contributed by atoms with Gasteiger partial charge in [0.1, 0.15) is 12.4 Å². The number of aromatic nitrogens is 3. The molecule has 0 aliphatic heterocycles. The van der Waals surface area contributed by atoms with Gasteiger partial charge in [0.15, 0.2) is 17.3 Å². The van der Waals surface area contributed by atoms with Crippen molar-refractivity contribution in [3.05, 3.63) is 92.2 Å². The van der Waals surface area contributed by atoms with Gasteiger partial charge in [0.25, 0.3) is 5.56 Å². The van der Waals surface area contributed by atoms with Gasteiger partial charge in [-0.25, -0.2) is 4.40 Å². The molecule has 0 aliphatic rings. The number of hydrogen-bond donors (Lipinski definition) is 0. The molecule has 37 heavy (non-hydrogen) atoms. The Kier molecular flexibility index (Phi) is 6.78. The van der Waals surface area contributed by atoms with E-state index in [1.54, 1.807) is 12.1 Å². The smallest absolute Gasteiger partial charge is 0.276 e. The highest BCUT2D eigenvalue weighted by atomic mass is 32.1. The molecule has 8 nitrogen and oxygen atoms in total. The van der Waals surface area contributed by atoms with Crippen LogP contribution in [0.3, 0.4) is 0 Å². The fourth-order valence-electron chi connectivity index (χ4n) is 3.98. The van der Waals surface area contributed by atoms with Crippen LogP contribution >= 0.6 is 11.3 Å². The molecule has 9 heteroatoms. The number of aryl methyl sites for hydroxylation is 1. The number of fused-ring (bicyclic) bond motifs is 1. The van der Waals surface area contributed by atoms with Crippen molar-refractivity contribution in [2.45, 2.75) is 13.5 Å². The van der Waals surface area contributed by atoms with Gasteiger partial charge in [-0.3, -0.25) is 4.79 Å². The third-order valence-electron chi connectivity index (χ3n) is 5.89. The van der Waals surface area contributed by atoms with Crippen LogP contribution in [0, 0.1) is 6.92 Å². The largest absolute Gasteiger partial charge is 0.493 e. The Hall–Kier alpha value is -4.37. The van der Waals surface area contributed by atoms with Crippen LogP contribution in [0.25, 0.3) is 22.4 Å². The number of thiazole rings is 1. The van der Waals surface area contributed by atoms with Crippen LogP contribution in [0.15, 0.2) is 65.5 Å². The van der Waals surface area contributed by atoms with Crippen molar-refractivity contribution in [2.24, 2.45) is 0 Å². The Morgan fingerprint density at radius 2 is 1.59 bits per heavy atom. The van der Waals surface area contributed by atoms with Gasteiger partial charge >= 0.3 is 0 Å². The summed E-state index contributed by atoms with van der Waals surface area (Å²) in [5, 5.41) is 8.51. The minimum absolute atomic E-state index is 0.220. The van der Waals surface area contributed by atoms with Crippen molar-refractivity contribution in [1.82, 2.24) is 14.6 Å². The molecule has 0 N–H and O–H groups in total. The fraction of sp³-hybridized carbons (Fsp3) is 0.179. The Morgan fingerprint density at radius 1 is 0.892 bits per heavy atom. The molecule has 0 radical (unpaired) electrons. The molecule has 2 aromatic heterocycles. The van der Waals surface area contributed by atoms with Crippen LogP contribution in [0.4, 0.5) is 0 Å². The summed E-state index contributed by atoms with van der Waals surface area (Å²) in [5.41, 5.74) is 3.47. The summed E-state index contributed by atoms with van der Waals surface area (Å²) >= 11 is 1.27. The van der Waals surface area contributed by atoms with E-state index in [0.717, 1.165) is 11.1 Å². The van der Waals surface area contributed by atoms with E-state index in [9.17, 15) is 4.79 Å². The molecule has 0 amide bonds. The number of hydrogen-bond acceptors (Lipinski definition) is 8. The van der Waals surface area contributed by atoms with E-state index >= 15 is 0 Å². The van der Waals surface area contributed by atoms with Gasteiger partial charge in [-0.1, -0.05) is 59.4 Å². The second-order valence-corrected chi connectivity index (χ2v) is 9.29. The fourth-order valence-corrected chi connectivity index (χ4v) is 4.88. The first-order valence-corrected chi connectivity index (χ1v) is 12.3. The number of rotatable bonds is 8. The summed E-state index contributed by atoms with van der Waals surface area (Å²) < 4.78 is 24.4. The van der Waals surface area contributed by atoms with Crippen LogP contribution < -0.4 is 29.0 Å². The van der Waals surface area contributed by atoms with E-state index in [1.165, 1.54) is 42.6 Å². The molecule has 5 rings (SSSR count). The second kappa shape index (κ2) is 10.3. The van der Waals surface area contributed by atoms with Gasteiger partial charge < -0.3 is 18.9 Å². The first-order chi connectivity index (χ1) is 18.0. The Balaban J connectivity index is 1.54. The van der Waals surface area contributed by atoms with Gasteiger partial charge in [-0.05, 0) is 36.8 Å². The summed E-state index contributed by atoms with van der Waals surface area (Å²) in [7, 11) is 4.61. The monoisotopic (exact) mass is 515 g/mol. The molecular weight excluding hydrogens is 490 g/mol. The predicted octanol–water partition coefficient (Wildman–Crippen LogP) is 4.28. The van der Waals surface area contributed by atoms with Crippen molar-refractivity contribution in [2.75, 3.05) is 21.3 Å². The van der Waals surface area contributed by atoms with Crippen LogP contribution in [-0.2, 0) is 6.61 Å². The number of methoxy groups -OCH3 is 3. The lowest BCUT2D eigenvalue weighted by atomic mass is 10.1. The summed E-state index contributed by atoms with van der Waals surface area (Å²) in [5.74, 6) is 2.46. The molecule has 0 saturated heterocycles. The molecule has 0 aliphatic carbocycles. The Bertz CT molecular complexity index is 1650. The van der Waals surface area contributed by atoms with Crippen molar-refractivity contribution in [3.63, 3.8) is 0 Å². The maximum absolute atomic E-state index is 13.5. The number of benzene rings is 3. The minimum atomic E-state index is -0.220. The lowest BCUT2D eigenvalue weighted by Crippen LogP contribution is -2.23. The molecule has 0 atom stereocenters. The molecule has 5 aromatic rings. The standard InChI is InChI=1S/C28H25N3O5S/c1-17-9-11-18(12-10-17)16-36-21-8-6-5-7-19(21)15-24-27(32)31-26(29-30-28(31)37-24)20-13-22(33-2)25(35-4)23(14-20)34-3/h5-15H,16H2,1-4H3/b24-15+. The number of nitrogens with zero attached hydrogens (tertiary/aromatic N) is 3. The average molecular weight is 516 g/mol. The van der Waals surface area contributed by atoms with Gasteiger partial charge in [-0.2, -0.15) is 0 Å². The molecule has 0 fully saturated rings. The predicted molar refractivity (Wildman–Crippen MR) is 143 cm³/mol. The summed E-state index contributed by atoms with van der Waals surface area (Å²) in [6, 6.07) is 19.3. The average Bonchev–Trinajstić information content (AvgIpc) is 3.48. The molecule has 2 heterocycles. The van der Waals surface area contributed by atoms with E-state index in [0.29, 0.717) is 50.5 Å². The summed E-state index contributed by atoms with van der Waals surface area (Å²) in [6.07, 6.45) is 1.82. The number of para-hydroxylation sites is 1. The molecule has 188 valence electrons. The van der Waals surface area contributed by atoms with E-state index in [1.807, 2.05) is 42.5 Å². The van der Waals surface area contributed by atoms with Gasteiger partial charge in [0, 0.05) is 11.1 Å². The first-order valence-electron chi connectivity index (χ1n) is 11.5. The number of ether oxygens (including phenoxy) is 4. The van der Waals surface area contributed by atoms with Crippen LogP contribution in [0.1, 0.15) is 16.7 Å². The van der Waals surface area contributed by atoms with Crippen LogP contribution in [0.2, 0.25) is 0 Å². The second-order valence-electron chi connectivity index (χ2n) is 8.28. The Labute approximate surface area is 217 Å². The lowest BCUT2D eigenvalue weighted by Gasteiger charge is -2.13. The van der Waals surface area contributed by atoms with Gasteiger partial charge in [0.05, 0.1) is 25.9 Å². The van der Waals surface area contributed by atoms with E-state index in [4.69, 9.17) is 18.9 Å². The zero-order valence-electron chi connectivity index (χ0n) is 20.8. The third-order valence-corrected chi connectivity index (χ3v) is 6.85. The quantitative estimate of drug-likeness (QED) is 0.305. The maximum Gasteiger partial charge on any atom is 0.276 e. The van der Waals surface area contributed by atoms with E-state index in [2.05, 4.69) is 29.3 Å². The first kappa shape index (κ1) is 24.3. The Morgan fingerprint density at radius 3 is 2.27 bits per heavy atom. The molecule has 0 unspecified atom stereocenters.